The molecule has 0 atom stereocenters. The van der Waals surface area contributed by atoms with E-state index < -0.39 is 0 Å². The molecule has 0 fully saturated rings. The molecular formula is C20H21FN6O. The standard InChI is InChI=1S/C20H21FN6O/c1-12(2)27-11-24-17-8-13(10-23-19(17)27)20(28)22-7-3-4-18-25-15-6-5-14(21)9-16(15)26-18/h5-6,8-12H,3-4,7H2,1-2H3,(H,22,28)(H,25,26). The molecule has 4 rings (SSSR count). The lowest BCUT2D eigenvalue weighted by Crippen LogP contribution is -2.25. The molecule has 0 aliphatic carbocycles. The molecule has 0 radical (unpaired) electrons. The van der Waals surface area contributed by atoms with Crippen LogP contribution in [0.15, 0.2) is 36.8 Å². The smallest absolute Gasteiger partial charge is 0.252 e. The second-order valence-corrected chi connectivity index (χ2v) is 7.02. The highest BCUT2D eigenvalue weighted by molar-refractivity contribution is 5.96. The summed E-state index contributed by atoms with van der Waals surface area (Å²) in [5, 5.41) is 2.89. The van der Waals surface area contributed by atoms with E-state index in [1.165, 1.54) is 12.1 Å². The van der Waals surface area contributed by atoms with E-state index in [1.807, 2.05) is 4.57 Å². The molecule has 0 saturated carbocycles. The van der Waals surface area contributed by atoms with Crippen LogP contribution in [0, 0.1) is 5.82 Å². The van der Waals surface area contributed by atoms with Gasteiger partial charge in [0.1, 0.15) is 17.2 Å². The van der Waals surface area contributed by atoms with Gasteiger partial charge in [0.25, 0.3) is 5.91 Å². The van der Waals surface area contributed by atoms with Crippen molar-refractivity contribution in [1.82, 2.24) is 29.8 Å². The Morgan fingerprint density at radius 1 is 1.25 bits per heavy atom. The number of nitrogens with one attached hydrogen (secondary N) is 2. The van der Waals surface area contributed by atoms with E-state index in [4.69, 9.17) is 0 Å². The van der Waals surface area contributed by atoms with Crippen LogP contribution in [0.25, 0.3) is 22.2 Å². The lowest BCUT2D eigenvalue weighted by molar-refractivity contribution is 0.0953. The number of fused-ring (bicyclic) bond motifs is 2. The third kappa shape index (κ3) is 3.58. The minimum Gasteiger partial charge on any atom is -0.352 e. The summed E-state index contributed by atoms with van der Waals surface area (Å²) < 4.78 is 15.2. The Hall–Kier alpha value is -3.29. The van der Waals surface area contributed by atoms with Crippen LogP contribution in [0.4, 0.5) is 4.39 Å². The van der Waals surface area contributed by atoms with E-state index in [0.717, 1.165) is 17.0 Å². The van der Waals surface area contributed by atoms with Crippen LogP contribution < -0.4 is 5.32 Å². The normalized spacial score (nSPS) is 11.6. The zero-order valence-electron chi connectivity index (χ0n) is 15.7. The number of amides is 1. The third-order valence-electron chi connectivity index (χ3n) is 4.60. The number of aromatic amines is 1. The number of carbonyl (C=O) groups is 1. The summed E-state index contributed by atoms with van der Waals surface area (Å²) in [6.07, 6.45) is 4.69. The van der Waals surface area contributed by atoms with Crippen molar-refractivity contribution in [3.8, 4) is 0 Å². The summed E-state index contributed by atoms with van der Waals surface area (Å²) in [6, 6.07) is 6.48. The predicted octanol–water partition coefficient (Wildman–Crippen LogP) is 3.39. The van der Waals surface area contributed by atoms with Crippen molar-refractivity contribution in [3.05, 3.63) is 54.0 Å². The van der Waals surface area contributed by atoms with Crippen molar-refractivity contribution in [2.24, 2.45) is 0 Å². The number of nitrogens with zero attached hydrogens (tertiary/aromatic N) is 4. The second kappa shape index (κ2) is 7.38. The lowest BCUT2D eigenvalue weighted by atomic mass is 10.2. The molecule has 3 heterocycles. The molecule has 8 heteroatoms. The van der Waals surface area contributed by atoms with Gasteiger partial charge in [0, 0.05) is 25.2 Å². The van der Waals surface area contributed by atoms with Gasteiger partial charge in [-0.3, -0.25) is 4.79 Å². The van der Waals surface area contributed by atoms with Gasteiger partial charge in [0.05, 0.1) is 22.9 Å². The van der Waals surface area contributed by atoms with Crippen LogP contribution in [0.5, 0.6) is 0 Å². The van der Waals surface area contributed by atoms with Crippen LogP contribution in [-0.4, -0.2) is 37.0 Å². The number of hydrogen-bond donors (Lipinski definition) is 2. The van der Waals surface area contributed by atoms with Crippen molar-refractivity contribution >= 4 is 28.1 Å². The van der Waals surface area contributed by atoms with Crippen molar-refractivity contribution in [3.63, 3.8) is 0 Å². The number of rotatable bonds is 6. The van der Waals surface area contributed by atoms with Gasteiger partial charge in [-0.05, 0) is 44.5 Å². The van der Waals surface area contributed by atoms with Gasteiger partial charge in [-0.15, -0.1) is 0 Å². The van der Waals surface area contributed by atoms with E-state index in [1.54, 1.807) is 24.7 Å². The number of aromatic nitrogens is 5. The highest BCUT2D eigenvalue weighted by atomic mass is 19.1. The molecule has 7 nitrogen and oxygen atoms in total. The highest BCUT2D eigenvalue weighted by Gasteiger charge is 2.12. The topological polar surface area (TPSA) is 88.5 Å². The van der Waals surface area contributed by atoms with Crippen molar-refractivity contribution in [2.45, 2.75) is 32.7 Å². The van der Waals surface area contributed by atoms with Gasteiger partial charge >= 0.3 is 0 Å². The zero-order chi connectivity index (χ0) is 19.7. The monoisotopic (exact) mass is 380 g/mol. The quantitative estimate of drug-likeness (QED) is 0.502. The maximum atomic E-state index is 13.2. The number of aryl methyl sites for hydroxylation is 1. The summed E-state index contributed by atoms with van der Waals surface area (Å²) in [7, 11) is 0. The SMILES string of the molecule is CC(C)n1cnc2cc(C(=O)NCCCc3nc4ccc(F)cc4[nH]3)cnc21. The molecule has 1 aromatic carbocycles. The summed E-state index contributed by atoms with van der Waals surface area (Å²) in [4.78, 5) is 28.6. The first-order chi connectivity index (χ1) is 13.5. The zero-order valence-corrected chi connectivity index (χ0v) is 15.7. The third-order valence-corrected chi connectivity index (χ3v) is 4.60. The number of imidazole rings is 2. The average Bonchev–Trinajstić information content (AvgIpc) is 3.27. The fourth-order valence-electron chi connectivity index (χ4n) is 3.13. The molecule has 0 spiro atoms. The first-order valence-electron chi connectivity index (χ1n) is 9.26. The Labute approximate surface area is 161 Å². The number of benzene rings is 1. The maximum Gasteiger partial charge on any atom is 0.252 e. The van der Waals surface area contributed by atoms with Crippen molar-refractivity contribution in [2.75, 3.05) is 6.54 Å². The second-order valence-electron chi connectivity index (χ2n) is 7.02. The lowest BCUT2D eigenvalue weighted by Gasteiger charge is -2.07. The highest BCUT2D eigenvalue weighted by Crippen LogP contribution is 2.16. The van der Waals surface area contributed by atoms with Crippen molar-refractivity contribution in [1.29, 1.82) is 0 Å². The minimum atomic E-state index is -0.293. The number of hydrogen-bond acceptors (Lipinski definition) is 4. The molecule has 0 saturated heterocycles. The van der Waals surface area contributed by atoms with Gasteiger partial charge in [0.15, 0.2) is 5.65 Å². The molecule has 28 heavy (non-hydrogen) atoms. The molecule has 4 aromatic rings. The molecular weight excluding hydrogens is 359 g/mol. The molecule has 0 bridgehead atoms. The van der Waals surface area contributed by atoms with E-state index in [-0.39, 0.29) is 17.8 Å². The minimum absolute atomic E-state index is 0.180. The first-order valence-corrected chi connectivity index (χ1v) is 9.26. The maximum absolute atomic E-state index is 13.2. The summed E-state index contributed by atoms with van der Waals surface area (Å²) in [5.41, 5.74) is 3.38. The van der Waals surface area contributed by atoms with Gasteiger partial charge < -0.3 is 14.9 Å². The van der Waals surface area contributed by atoms with Gasteiger partial charge in [-0.2, -0.15) is 0 Å². The first kappa shape index (κ1) is 18.1. The van der Waals surface area contributed by atoms with Gasteiger partial charge in [-0.1, -0.05) is 0 Å². The number of pyridine rings is 1. The van der Waals surface area contributed by atoms with Gasteiger partial charge in [0.2, 0.25) is 0 Å². The fourth-order valence-corrected chi connectivity index (χ4v) is 3.13. The summed E-state index contributed by atoms with van der Waals surface area (Å²) >= 11 is 0. The van der Waals surface area contributed by atoms with Crippen LogP contribution in [-0.2, 0) is 6.42 Å². The number of carbonyl (C=O) groups excluding carboxylic acids is 1. The van der Waals surface area contributed by atoms with Crippen LogP contribution in [0.2, 0.25) is 0 Å². The van der Waals surface area contributed by atoms with E-state index in [2.05, 4.69) is 39.1 Å². The Morgan fingerprint density at radius 3 is 2.93 bits per heavy atom. The molecule has 1 amide bonds. The van der Waals surface area contributed by atoms with E-state index in [9.17, 15) is 9.18 Å². The summed E-state index contributed by atoms with van der Waals surface area (Å²) in [6.45, 7) is 4.62. The van der Waals surface area contributed by atoms with E-state index >= 15 is 0 Å². The molecule has 0 aliphatic heterocycles. The number of H-pyrrole nitrogens is 1. The molecule has 2 N–H and O–H groups in total. The Kier molecular flexibility index (Phi) is 4.77. The van der Waals surface area contributed by atoms with Crippen molar-refractivity contribution < 1.29 is 9.18 Å². The molecule has 0 unspecified atom stereocenters. The fraction of sp³-hybridized carbons (Fsp3) is 0.300. The van der Waals surface area contributed by atoms with Gasteiger partial charge in [-0.25, -0.2) is 19.3 Å². The predicted molar refractivity (Wildman–Crippen MR) is 105 cm³/mol. The Bertz CT molecular complexity index is 1150. The average molecular weight is 380 g/mol. The number of halogens is 1. The molecule has 144 valence electrons. The Balaban J connectivity index is 1.34. The van der Waals surface area contributed by atoms with Crippen LogP contribution in [0.3, 0.4) is 0 Å². The largest absolute Gasteiger partial charge is 0.352 e. The molecule has 0 aliphatic rings. The van der Waals surface area contributed by atoms with Crippen LogP contribution >= 0.6 is 0 Å². The van der Waals surface area contributed by atoms with E-state index in [0.29, 0.717) is 36.0 Å². The molecule has 3 aromatic heterocycles. The van der Waals surface area contributed by atoms with Crippen LogP contribution in [0.1, 0.15) is 42.5 Å². The Morgan fingerprint density at radius 2 is 2.11 bits per heavy atom. The summed E-state index contributed by atoms with van der Waals surface area (Å²) in [5.74, 6) is 0.302.